The molecular weight excluding hydrogens is 330 g/mol. The number of urea groups is 1. The van der Waals surface area contributed by atoms with E-state index in [1.165, 1.54) is 19.2 Å². The molecule has 0 radical (unpaired) electrons. The number of nitrogens with one attached hydrogen (secondary N) is 2. The molecule has 0 spiro atoms. The van der Waals surface area contributed by atoms with E-state index in [1.54, 1.807) is 43.3 Å². The lowest BCUT2D eigenvalue weighted by Gasteiger charge is -2.16. The summed E-state index contributed by atoms with van der Waals surface area (Å²) in [6.07, 6.45) is 0. The normalized spacial score (nSPS) is 12.3. The molecule has 7 nitrogen and oxygen atoms in total. The number of amides is 2. The van der Waals surface area contributed by atoms with Gasteiger partial charge in [0, 0.05) is 0 Å². The van der Waals surface area contributed by atoms with Crippen LogP contribution in [0.3, 0.4) is 0 Å². The summed E-state index contributed by atoms with van der Waals surface area (Å²) in [5.74, 6) is 0.554. The van der Waals surface area contributed by atoms with E-state index < -0.39 is 16.1 Å². The molecule has 24 heavy (non-hydrogen) atoms. The quantitative estimate of drug-likeness (QED) is 0.768. The fraction of sp³-hybridized carbons (Fsp3) is 0.188. The first-order valence-corrected chi connectivity index (χ1v) is 8.69. The Hall–Kier alpha value is -2.58. The predicted octanol–water partition coefficient (Wildman–Crippen LogP) is 2.23. The molecule has 2 rings (SSSR count). The minimum Gasteiger partial charge on any atom is -0.495 e. The van der Waals surface area contributed by atoms with Gasteiger partial charge in [0.1, 0.15) is 5.75 Å². The second-order valence-electron chi connectivity index (χ2n) is 5.13. The summed E-state index contributed by atoms with van der Waals surface area (Å²) in [7, 11) is -2.21. The van der Waals surface area contributed by atoms with Gasteiger partial charge in [0.25, 0.3) is 0 Å². The highest BCUT2D eigenvalue weighted by atomic mass is 32.2. The van der Waals surface area contributed by atoms with Gasteiger partial charge in [-0.25, -0.2) is 18.4 Å². The Labute approximate surface area is 140 Å². The highest BCUT2D eigenvalue weighted by molar-refractivity contribution is 7.89. The number of hydrogen-bond acceptors (Lipinski definition) is 4. The van der Waals surface area contributed by atoms with E-state index in [4.69, 9.17) is 9.88 Å². The zero-order chi connectivity index (χ0) is 17.7. The summed E-state index contributed by atoms with van der Waals surface area (Å²) in [6.45, 7) is 1.79. The first-order chi connectivity index (χ1) is 11.3. The Bertz CT molecular complexity index is 819. The van der Waals surface area contributed by atoms with Gasteiger partial charge in [-0.15, -0.1) is 0 Å². The van der Waals surface area contributed by atoms with Crippen molar-refractivity contribution in [1.82, 2.24) is 5.32 Å². The number of nitrogens with two attached hydrogens (primary N) is 1. The van der Waals surface area contributed by atoms with Gasteiger partial charge in [0.15, 0.2) is 0 Å². The minimum atomic E-state index is -3.73. The average molecular weight is 349 g/mol. The van der Waals surface area contributed by atoms with Crippen molar-refractivity contribution in [3.05, 3.63) is 54.1 Å². The number of carbonyl (C=O) groups is 1. The molecule has 0 aliphatic carbocycles. The van der Waals surface area contributed by atoms with E-state index in [-0.39, 0.29) is 10.9 Å². The number of methoxy groups -OCH3 is 1. The fourth-order valence-electron chi connectivity index (χ4n) is 2.13. The molecular formula is C16H19N3O4S. The summed E-state index contributed by atoms with van der Waals surface area (Å²) in [6, 6.07) is 12.3. The van der Waals surface area contributed by atoms with Crippen molar-refractivity contribution >= 4 is 21.7 Å². The molecule has 0 aromatic heterocycles. The summed E-state index contributed by atoms with van der Waals surface area (Å²) in [4.78, 5) is 12.1. The number of para-hydroxylation sites is 2. The van der Waals surface area contributed by atoms with Crippen molar-refractivity contribution in [3.63, 3.8) is 0 Å². The Balaban J connectivity index is 2.03. The van der Waals surface area contributed by atoms with Gasteiger partial charge in [0.05, 0.1) is 23.7 Å². The van der Waals surface area contributed by atoms with Crippen molar-refractivity contribution in [2.75, 3.05) is 12.4 Å². The zero-order valence-electron chi connectivity index (χ0n) is 13.3. The number of primary sulfonamides is 1. The third-order valence-corrected chi connectivity index (χ3v) is 4.34. The standard InChI is InChI=1S/C16H19N3O4S/c1-11(12-7-9-13(10-8-12)24(17,21)22)18-16(20)19-14-5-3-4-6-15(14)23-2/h3-11H,1-2H3,(H2,17,21,22)(H2,18,19,20). The van der Waals surface area contributed by atoms with Crippen LogP contribution in [0.2, 0.25) is 0 Å². The molecule has 0 bridgehead atoms. The molecule has 0 fully saturated rings. The van der Waals surface area contributed by atoms with Crippen molar-refractivity contribution in [2.24, 2.45) is 5.14 Å². The van der Waals surface area contributed by atoms with Crippen LogP contribution in [-0.4, -0.2) is 21.6 Å². The topological polar surface area (TPSA) is 111 Å². The molecule has 4 N–H and O–H groups in total. The Kier molecular flexibility index (Phi) is 5.42. The van der Waals surface area contributed by atoms with Gasteiger partial charge in [-0.1, -0.05) is 24.3 Å². The van der Waals surface area contributed by atoms with E-state index in [0.29, 0.717) is 11.4 Å². The minimum absolute atomic E-state index is 0.0249. The summed E-state index contributed by atoms with van der Waals surface area (Å²) in [5.41, 5.74) is 1.30. The second kappa shape index (κ2) is 7.33. The van der Waals surface area contributed by atoms with Gasteiger partial charge in [-0.05, 0) is 36.8 Å². The van der Waals surface area contributed by atoms with Gasteiger partial charge < -0.3 is 15.4 Å². The maximum absolute atomic E-state index is 12.1. The fourth-order valence-corrected chi connectivity index (χ4v) is 2.65. The van der Waals surface area contributed by atoms with Crippen LogP contribution in [0.4, 0.5) is 10.5 Å². The van der Waals surface area contributed by atoms with Gasteiger partial charge in [-0.2, -0.15) is 0 Å². The number of anilines is 1. The van der Waals surface area contributed by atoms with Crippen LogP contribution in [0.5, 0.6) is 5.75 Å². The molecule has 2 aromatic carbocycles. The van der Waals surface area contributed by atoms with Crippen LogP contribution in [0, 0.1) is 0 Å². The Morgan fingerprint density at radius 2 is 1.75 bits per heavy atom. The van der Waals surface area contributed by atoms with Crippen LogP contribution >= 0.6 is 0 Å². The molecule has 0 heterocycles. The van der Waals surface area contributed by atoms with E-state index in [9.17, 15) is 13.2 Å². The Morgan fingerprint density at radius 1 is 1.12 bits per heavy atom. The summed E-state index contributed by atoms with van der Waals surface area (Å²) < 4.78 is 27.7. The predicted molar refractivity (Wildman–Crippen MR) is 91.4 cm³/mol. The first-order valence-electron chi connectivity index (χ1n) is 7.14. The first kappa shape index (κ1) is 17.8. The summed E-state index contributed by atoms with van der Waals surface area (Å²) in [5, 5.41) is 10.5. The molecule has 8 heteroatoms. The van der Waals surface area contributed by atoms with Gasteiger partial charge >= 0.3 is 6.03 Å². The number of rotatable bonds is 5. The monoisotopic (exact) mass is 349 g/mol. The molecule has 0 saturated carbocycles. The maximum atomic E-state index is 12.1. The molecule has 0 aliphatic heterocycles. The van der Waals surface area contributed by atoms with Crippen molar-refractivity contribution in [3.8, 4) is 5.75 Å². The average Bonchev–Trinajstić information content (AvgIpc) is 2.54. The molecule has 0 aliphatic rings. The van der Waals surface area contributed by atoms with E-state index in [2.05, 4.69) is 10.6 Å². The van der Waals surface area contributed by atoms with Crippen LogP contribution in [0.15, 0.2) is 53.4 Å². The van der Waals surface area contributed by atoms with Crippen LogP contribution in [0.25, 0.3) is 0 Å². The lowest BCUT2D eigenvalue weighted by atomic mass is 10.1. The lowest BCUT2D eigenvalue weighted by Crippen LogP contribution is -2.31. The highest BCUT2D eigenvalue weighted by Gasteiger charge is 2.13. The lowest BCUT2D eigenvalue weighted by molar-refractivity contribution is 0.249. The van der Waals surface area contributed by atoms with Crippen LogP contribution in [-0.2, 0) is 10.0 Å². The van der Waals surface area contributed by atoms with E-state index in [0.717, 1.165) is 5.56 Å². The van der Waals surface area contributed by atoms with Crippen molar-refractivity contribution in [2.45, 2.75) is 17.9 Å². The van der Waals surface area contributed by atoms with Crippen LogP contribution < -0.4 is 20.5 Å². The number of benzene rings is 2. The number of hydrogen-bond donors (Lipinski definition) is 3. The largest absolute Gasteiger partial charge is 0.495 e. The Morgan fingerprint density at radius 3 is 2.33 bits per heavy atom. The molecule has 128 valence electrons. The maximum Gasteiger partial charge on any atom is 0.319 e. The van der Waals surface area contributed by atoms with Gasteiger partial charge in [0.2, 0.25) is 10.0 Å². The zero-order valence-corrected chi connectivity index (χ0v) is 14.1. The molecule has 1 unspecified atom stereocenters. The smallest absolute Gasteiger partial charge is 0.319 e. The molecule has 2 aromatic rings. The molecule has 1 atom stereocenters. The van der Waals surface area contributed by atoms with Crippen molar-refractivity contribution < 1.29 is 17.9 Å². The highest BCUT2D eigenvalue weighted by Crippen LogP contribution is 2.23. The number of sulfonamides is 1. The van der Waals surface area contributed by atoms with Crippen molar-refractivity contribution in [1.29, 1.82) is 0 Å². The second-order valence-corrected chi connectivity index (χ2v) is 6.70. The SMILES string of the molecule is COc1ccccc1NC(=O)NC(C)c1ccc(S(N)(=O)=O)cc1. The molecule has 2 amide bonds. The summed E-state index contributed by atoms with van der Waals surface area (Å²) >= 11 is 0. The van der Waals surface area contributed by atoms with E-state index in [1.807, 2.05) is 0 Å². The van der Waals surface area contributed by atoms with Crippen LogP contribution in [0.1, 0.15) is 18.5 Å². The third kappa shape index (κ3) is 4.46. The van der Waals surface area contributed by atoms with E-state index >= 15 is 0 Å². The molecule has 0 saturated heterocycles. The third-order valence-electron chi connectivity index (χ3n) is 3.41. The number of carbonyl (C=O) groups excluding carboxylic acids is 1. The van der Waals surface area contributed by atoms with Gasteiger partial charge in [-0.3, -0.25) is 0 Å². The number of ether oxygens (including phenoxy) is 1.